The van der Waals surface area contributed by atoms with Crippen LogP contribution in [0.5, 0.6) is 0 Å². The molecule has 0 aromatic rings. The van der Waals surface area contributed by atoms with Crippen LogP contribution in [0.25, 0.3) is 0 Å². The van der Waals surface area contributed by atoms with Crippen LogP contribution in [0.15, 0.2) is 12.2 Å². The molecule has 0 fully saturated rings. The van der Waals surface area contributed by atoms with Gasteiger partial charge in [0.15, 0.2) is 0 Å². The lowest BCUT2D eigenvalue weighted by Crippen LogP contribution is -2.25. The largest absolute Gasteiger partial charge is 0.316 e. The smallest absolute Gasteiger partial charge is 0.0199 e. The first-order valence-electron chi connectivity index (χ1n) is 4.70. The van der Waals surface area contributed by atoms with E-state index in [1.165, 1.54) is 25.0 Å². The fraction of sp³-hybridized carbons (Fsp3) is 0.800. The summed E-state index contributed by atoms with van der Waals surface area (Å²) in [6.45, 7) is 9.33. The number of rotatable bonds is 7. The highest BCUT2D eigenvalue weighted by atomic mass is 15.1. The van der Waals surface area contributed by atoms with E-state index < -0.39 is 0 Å². The number of hydrogen-bond donors (Lipinski definition) is 1. The van der Waals surface area contributed by atoms with Crippen LogP contribution in [0.2, 0.25) is 0 Å². The van der Waals surface area contributed by atoms with Crippen LogP contribution in [0.4, 0.5) is 0 Å². The molecule has 0 bridgehead atoms. The summed E-state index contributed by atoms with van der Waals surface area (Å²) in [4.78, 5) is 2.32. The van der Waals surface area contributed by atoms with Gasteiger partial charge in [0, 0.05) is 13.1 Å². The SMILES string of the molecule is C=C(CNC)CN(C)CCCC. The van der Waals surface area contributed by atoms with Crippen LogP contribution in [-0.4, -0.2) is 38.6 Å². The maximum absolute atomic E-state index is 3.99. The van der Waals surface area contributed by atoms with E-state index in [-0.39, 0.29) is 0 Å². The zero-order valence-electron chi connectivity index (χ0n) is 8.69. The summed E-state index contributed by atoms with van der Waals surface area (Å²) >= 11 is 0. The molecule has 0 aliphatic heterocycles. The first-order valence-corrected chi connectivity index (χ1v) is 4.70. The summed E-state index contributed by atoms with van der Waals surface area (Å²) in [5.41, 5.74) is 1.26. The van der Waals surface area contributed by atoms with Crippen LogP contribution in [-0.2, 0) is 0 Å². The molecule has 2 heteroatoms. The first kappa shape index (κ1) is 11.7. The fourth-order valence-electron chi connectivity index (χ4n) is 1.19. The van der Waals surface area contributed by atoms with Crippen LogP contribution in [0.3, 0.4) is 0 Å². The van der Waals surface area contributed by atoms with Crippen LogP contribution < -0.4 is 5.32 Å². The molecule has 12 heavy (non-hydrogen) atoms. The Labute approximate surface area is 76.6 Å². The molecule has 0 saturated heterocycles. The van der Waals surface area contributed by atoms with Crippen LogP contribution >= 0.6 is 0 Å². The van der Waals surface area contributed by atoms with Crippen molar-refractivity contribution < 1.29 is 0 Å². The summed E-state index contributed by atoms with van der Waals surface area (Å²) < 4.78 is 0. The van der Waals surface area contributed by atoms with Crippen molar-refractivity contribution in [3.63, 3.8) is 0 Å². The van der Waals surface area contributed by atoms with E-state index in [1.807, 2.05) is 7.05 Å². The van der Waals surface area contributed by atoms with Gasteiger partial charge in [0.05, 0.1) is 0 Å². The van der Waals surface area contributed by atoms with Gasteiger partial charge in [-0.1, -0.05) is 19.9 Å². The summed E-state index contributed by atoms with van der Waals surface area (Å²) in [5, 5.41) is 3.10. The third kappa shape index (κ3) is 6.38. The Morgan fingerprint density at radius 2 is 2.17 bits per heavy atom. The second kappa shape index (κ2) is 7.32. The van der Waals surface area contributed by atoms with Crippen molar-refractivity contribution in [2.24, 2.45) is 0 Å². The topological polar surface area (TPSA) is 15.3 Å². The van der Waals surface area contributed by atoms with Gasteiger partial charge in [-0.25, -0.2) is 0 Å². The maximum Gasteiger partial charge on any atom is 0.0199 e. The van der Waals surface area contributed by atoms with Gasteiger partial charge in [0.2, 0.25) is 0 Å². The second-order valence-electron chi connectivity index (χ2n) is 3.37. The number of nitrogens with zero attached hydrogens (tertiary/aromatic N) is 1. The molecule has 2 nitrogen and oxygen atoms in total. The molecule has 1 N–H and O–H groups in total. The fourth-order valence-corrected chi connectivity index (χ4v) is 1.19. The molecule has 0 atom stereocenters. The second-order valence-corrected chi connectivity index (χ2v) is 3.37. The lowest BCUT2D eigenvalue weighted by atomic mass is 10.2. The Morgan fingerprint density at radius 3 is 2.67 bits per heavy atom. The summed E-state index contributed by atoms with van der Waals surface area (Å²) in [6, 6.07) is 0. The van der Waals surface area contributed by atoms with E-state index in [1.54, 1.807) is 0 Å². The molecule has 0 radical (unpaired) electrons. The number of likely N-dealkylation sites (N-methyl/N-ethyl adjacent to an activating group) is 2. The predicted molar refractivity (Wildman–Crippen MR) is 55.5 cm³/mol. The third-order valence-corrected chi connectivity index (χ3v) is 1.81. The van der Waals surface area contributed by atoms with Gasteiger partial charge >= 0.3 is 0 Å². The maximum atomic E-state index is 3.99. The lowest BCUT2D eigenvalue weighted by molar-refractivity contribution is 0.352. The highest BCUT2D eigenvalue weighted by Crippen LogP contribution is 1.95. The highest BCUT2D eigenvalue weighted by molar-refractivity contribution is 4.98. The van der Waals surface area contributed by atoms with E-state index in [2.05, 4.69) is 30.8 Å². The van der Waals surface area contributed by atoms with E-state index in [4.69, 9.17) is 0 Å². The predicted octanol–water partition coefficient (Wildman–Crippen LogP) is 1.49. The number of unbranched alkanes of at least 4 members (excludes halogenated alkanes) is 1. The molecule has 0 saturated carbocycles. The van der Waals surface area contributed by atoms with Gasteiger partial charge in [-0.05, 0) is 32.6 Å². The van der Waals surface area contributed by atoms with E-state index >= 15 is 0 Å². The van der Waals surface area contributed by atoms with Crippen molar-refractivity contribution in [1.82, 2.24) is 10.2 Å². The lowest BCUT2D eigenvalue weighted by Gasteiger charge is -2.17. The monoisotopic (exact) mass is 170 g/mol. The summed E-state index contributed by atoms with van der Waals surface area (Å²) in [6.07, 6.45) is 2.55. The normalized spacial score (nSPS) is 10.7. The van der Waals surface area contributed by atoms with Gasteiger partial charge in [0.1, 0.15) is 0 Å². The van der Waals surface area contributed by atoms with Gasteiger partial charge in [-0.15, -0.1) is 0 Å². The van der Waals surface area contributed by atoms with Crippen molar-refractivity contribution in [3.8, 4) is 0 Å². The van der Waals surface area contributed by atoms with Crippen molar-refractivity contribution in [2.45, 2.75) is 19.8 Å². The molecule has 0 spiro atoms. The van der Waals surface area contributed by atoms with Gasteiger partial charge in [0.25, 0.3) is 0 Å². The zero-order valence-corrected chi connectivity index (χ0v) is 8.69. The Morgan fingerprint density at radius 1 is 1.50 bits per heavy atom. The minimum atomic E-state index is 0.927. The molecule has 0 aliphatic carbocycles. The molecule has 0 amide bonds. The van der Waals surface area contributed by atoms with Crippen molar-refractivity contribution in [2.75, 3.05) is 33.7 Å². The average molecular weight is 170 g/mol. The molecular formula is C10H22N2. The Bertz CT molecular complexity index is 121. The summed E-state index contributed by atoms with van der Waals surface area (Å²) in [5.74, 6) is 0. The van der Waals surface area contributed by atoms with E-state index in [9.17, 15) is 0 Å². The van der Waals surface area contributed by atoms with Gasteiger partial charge in [-0.2, -0.15) is 0 Å². The molecule has 0 heterocycles. The molecule has 0 aromatic carbocycles. The minimum Gasteiger partial charge on any atom is -0.316 e. The molecular weight excluding hydrogens is 148 g/mol. The molecule has 0 unspecified atom stereocenters. The highest BCUT2D eigenvalue weighted by Gasteiger charge is 1.98. The Balaban J connectivity index is 3.40. The Kier molecular flexibility index (Phi) is 7.11. The average Bonchev–Trinajstić information content (AvgIpc) is 2.01. The van der Waals surface area contributed by atoms with E-state index in [0.29, 0.717) is 0 Å². The number of hydrogen-bond acceptors (Lipinski definition) is 2. The standard InChI is InChI=1S/C10H22N2/c1-5-6-7-12(4)9-10(2)8-11-3/h11H,2,5-9H2,1,3-4H3. The minimum absolute atomic E-state index is 0.927. The molecule has 0 aliphatic rings. The number of nitrogens with one attached hydrogen (secondary N) is 1. The third-order valence-electron chi connectivity index (χ3n) is 1.81. The first-order chi connectivity index (χ1) is 5.70. The van der Waals surface area contributed by atoms with Crippen molar-refractivity contribution in [3.05, 3.63) is 12.2 Å². The van der Waals surface area contributed by atoms with Crippen molar-refractivity contribution in [1.29, 1.82) is 0 Å². The van der Waals surface area contributed by atoms with Crippen molar-refractivity contribution >= 4 is 0 Å². The van der Waals surface area contributed by atoms with Gasteiger partial charge < -0.3 is 10.2 Å². The zero-order chi connectivity index (χ0) is 9.40. The van der Waals surface area contributed by atoms with E-state index in [0.717, 1.165) is 13.1 Å². The van der Waals surface area contributed by atoms with Gasteiger partial charge in [-0.3, -0.25) is 0 Å². The summed E-state index contributed by atoms with van der Waals surface area (Å²) in [7, 11) is 4.10. The van der Waals surface area contributed by atoms with Crippen LogP contribution in [0.1, 0.15) is 19.8 Å². The molecule has 0 rings (SSSR count). The molecule has 0 aromatic heterocycles. The quantitative estimate of drug-likeness (QED) is 0.582. The van der Waals surface area contributed by atoms with Crippen LogP contribution in [0, 0.1) is 0 Å². The molecule has 72 valence electrons. The Hall–Kier alpha value is -0.340.